The van der Waals surface area contributed by atoms with E-state index in [4.69, 9.17) is 5.11 Å². The largest absolute Gasteiger partial charge is 0.478 e. The van der Waals surface area contributed by atoms with Gasteiger partial charge in [0.2, 0.25) is 0 Å². The second-order valence-electron chi connectivity index (χ2n) is 3.82. The zero-order valence-electron chi connectivity index (χ0n) is 9.80. The molecule has 0 fully saturated rings. The Morgan fingerprint density at radius 3 is 2.83 bits per heavy atom. The lowest BCUT2D eigenvalue weighted by Gasteiger charge is -1.98. The maximum absolute atomic E-state index is 12.8. The lowest BCUT2D eigenvalue weighted by molar-refractivity contribution is 0.0697. The number of pyridine rings is 1. The average Bonchev–Trinajstić information content (AvgIpc) is 2.75. The third-order valence-electron chi connectivity index (χ3n) is 2.41. The molecule has 0 aromatic carbocycles. The normalized spacial score (nSPS) is 10.6. The Balaban J connectivity index is 2.47. The molecule has 2 rings (SSSR count). The van der Waals surface area contributed by atoms with Gasteiger partial charge in [0.05, 0.1) is 11.9 Å². The fraction of sp³-hybridized carbons (Fsp3) is 0.250. The molecule has 0 aliphatic carbocycles. The summed E-state index contributed by atoms with van der Waals surface area (Å²) >= 11 is 0. The lowest BCUT2D eigenvalue weighted by atomic mass is 10.2. The van der Waals surface area contributed by atoms with Gasteiger partial charge in [0.25, 0.3) is 0 Å². The molecule has 2 heterocycles. The number of hydrogen-bond acceptors (Lipinski definition) is 3. The minimum atomic E-state index is -1.07. The van der Waals surface area contributed by atoms with E-state index in [1.54, 1.807) is 4.68 Å². The highest BCUT2D eigenvalue weighted by Crippen LogP contribution is 2.20. The number of carbonyl (C=O) groups is 1. The second-order valence-corrected chi connectivity index (χ2v) is 3.82. The van der Waals surface area contributed by atoms with Gasteiger partial charge in [-0.15, -0.1) is 0 Å². The molecule has 5 nitrogen and oxygen atoms in total. The van der Waals surface area contributed by atoms with Crippen LogP contribution in [-0.2, 0) is 6.54 Å². The Morgan fingerprint density at radius 1 is 1.50 bits per heavy atom. The van der Waals surface area contributed by atoms with Gasteiger partial charge in [-0.25, -0.2) is 9.18 Å². The lowest BCUT2D eigenvalue weighted by Crippen LogP contribution is -1.97. The highest BCUT2D eigenvalue weighted by Gasteiger charge is 2.17. The first-order valence-electron chi connectivity index (χ1n) is 5.54. The molecule has 0 aliphatic heterocycles. The van der Waals surface area contributed by atoms with Crippen molar-refractivity contribution in [2.75, 3.05) is 0 Å². The van der Waals surface area contributed by atoms with E-state index < -0.39 is 11.8 Å². The summed E-state index contributed by atoms with van der Waals surface area (Å²) in [5.74, 6) is -1.54. The van der Waals surface area contributed by atoms with Crippen molar-refractivity contribution in [3.05, 3.63) is 35.9 Å². The van der Waals surface area contributed by atoms with E-state index in [0.29, 0.717) is 12.2 Å². The molecule has 1 N–H and O–H groups in total. The van der Waals surface area contributed by atoms with Gasteiger partial charge in [-0.05, 0) is 18.6 Å². The quantitative estimate of drug-likeness (QED) is 0.901. The molecule has 0 saturated heterocycles. The molecule has 0 bridgehead atoms. The molecule has 0 atom stereocenters. The first-order valence-corrected chi connectivity index (χ1v) is 5.54. The summed E-state index contributed by atoms with van der Waals surface area (Å²) in [6, 6.07) is 2.65. The molecule has 0 aliphatic rings. The molecule has 18 heavy (non-hydrogen) atoms. The fourth-order valence-corrected chi connectivity index (χ4v) is 1.63. The maximum atomic E-state index is 12.8. The minimum Gasteiger partial charge on any atom is -0.478 e. The average molecular weight is 249 g/mol. The number of aromatic carboxylic acids is 1. The number of aromatic nitrogens is 3. The zero-order chi connectivity index (χ0) is 13.1. The zero-order valence-corrected chi connectivity index (χ0v) is 9.80. The van der Waals surface area contributed by atoms with Crippen LogP contribution in [0, 0.1) is 5.82 Å². The van der Waals surface area contributed by atoms with E-state index in [1.165, 1.54) is 18.3 Å². The van der Waals surface area contributed by atoms with Crippen molar-refractivity contribution >= 4 is 5.97 Å². The summed E-state index contributed by atoms with van der Waals surface area (Å²) in [4.78, 5) is 15.0. The molecule has 0 radical (unpaired) electrons. The van der Waals surface area contributed by atoms with Gasteiger partial charge in [0.1, 0.15) is 17.1 Å². The SMILES string of the molecule is CCCn1cc(C(=O)O)c(-c2ccc(F)cn2)n1. The summed E-state index contributed by atoms with van der Waals surface area (Å²) in [5.41, 5.74) is 0.683. The second kappa shape index (κ2) is 4.95. The van der Waals surface area contributed by atoms with Gasteiger partial charge >= 0.3 is 5.97 Å². The van der Waals surface area contributed by atoms with Gasteiger partial charge in [-0.2, -0.15) is 5.10 Å². The summed E-state index contributed by atoms with van der Waals surface area (Å²) in [6.07, 6.45) is 3.35. The van der Waals surface area contributed by atoms with E-state index in [1.807, 2.05) is 6.92 Å². The smallest absolute Gasteiger partial charge is 0.339 e. The Hall–Kier alpha value is -2.24. The minimum absolute atomic E-state index is 0.0718. The van der Waals surface area contributed by atoms with Crippen LogP contribution in [0.4, 0.5) is 4.39 Å². The number of carboxylic acid groups (broad SMARTS) is 1. The number of nitrogens with zero attached hydrogens (tertiary/aromatic N) is 3. The maximum Gasteiger partial charge on any atom is 0.339 e. The number of rotatable bonds is 4. The van der Waals surface area contributed by atoms with E-state index >= 15 is 0 Å². The Morgan fingerprint density at radius 2 is 2.28 bits per heavy atom. The van der Waals surface area contributed by atoms with Crippen molar-refractivity contribution < 1.29 is 14.3 Å². The standard InChI is InChI=1S/C12H12FN3O2/c1-2-5-16-7-9(12(17)18)11(15-16)10-4-3-8(13)6-14-10/h3-4,6-7H,2,5H2,1H3,(H,17,18). The molecule has 6 heteroatoms. The van der Waals surface area contributed by atoms with Gasteiger partial charge in [-0.1, -0.05) is 6.92 Å². The highest BCUT2D eigenvalue weighted by atomic mass is 19.1. The van der Waals surface area contributed by atoms with Crippen molar-refractivity contribution in [1.29, 1.82) is 0 Å². The first kappa shape index (κ1) is 12.2. The summed E-state index contributed by atoms with van der Waals surface area (Å²) in [7, 11) is 0. The predicted octanol–water partition coefficient (Wildman–Crippen LogP) is 2.19. The Kier molecular flexibility index (Phi) is 3.36. The van der Waals surface area contributed by atoms with Crippen molar-refractivity contribution in [2.24, 2.45) is 0 Å². The number of carboxylic acids is 1. The van der Waals surface area contributed by atoms with Gasteiger partial charge < -0.3 is 5.11 Å². The molecule has 0 spiro atoms. The number of hydrogen-bond donors (Lipinski definition) is 1. The van der Waals surface area contributed by atoms with Crippen molar-refractivity contribution in [3.63, 3.8) is 0 Å². The Labute approximate surface area is 103 Å². The molecule has 0 unspecified atom stereocenters. The van der Waals surface area contributed by atoms with Crippen LogP contribution in [0.2, 0.25) is 0 Å². The molecule has 2 aromatic rings. The summed E-state index contributed by atoms with van der Waals surface area (Å²) in [6.45, 7) is 2.60. The molecule has 2 aromatic heterocycles. The van der Waals surface area contributed by atoms with E-state index in [-0.39, 0.29) is 11.3 Å². The van der Waals surface area contributed by atoms with Crippen LogP contribution in [-0.4, -0.2) is 25.8 Å². The van der Waals surface area contributed by atoms with Gasteiger partial charge in [-0.3, -0.25) is 9.67 Å². The Bertz CT molecular complexity index is 563. The van der Waals surface area contributed by atoms with Crippen LogP contribution in [0.15, 0.2) is 24.5 Å². The molecule has 94 valence electrons. The fourth-order valence-electron chi connectivity index (χ4n) is 1.63. The van der Waals surface area contributed by atoms with Crippen LogP contribution in [0.25, 0.3) is 11.4 Å². The van der Waals surface area contributed by atoms with Crippen molar-refractivity contribution in [2.45, 2.75) is 19.9 Å². The van der Waals surface area contributed by atoms with Gasteiger partial charge in [0, 0.05) is 12.7 Å². The van der Waals surface area contributed by atoms with Crippen molar-refractivity contribution in [1.82, 2.24) is 14.8 Å². The van der Waals surface area contributed by atoms with Crippen molar-refractivity contribution in [3.8, 4) is 11.4 Å². The van der Waals surface area contributed by atoms with Crippen LogP contribution in [0.5, 0.6) is 0 Å². The summed E-state index contributed by atoms with van der Waals surface area (Å²) in [5, 5.41) is 13.3. The van der Waals surface area contributed by atoms with E-state index in [9.17, 15) is 9.18 Å². The topological polar surface area (TPSA) is 68.0 Å². The summed E-state index contributed by atoms with van der Waals surface area (Å²) < 4.78 is 14.3. The molecular formula is C12H12FN3O2. The third kappa shape index (κ3) is 2.37. The van der Waals surface area contributed by atoms with Crippen LogP contribution < -0.4 is 0 Å². The predicted molar refractivity (Wildman–Crippen MR) is 62.7 cm³/mol. The van der Waals surface area contributed by atoms with Crippen LogP contribution in [0.3, 0.4) is 0 Å². The highest BCUT2D eigenvalue weighted by molar-refractivity contribution is 5.94. The number of halogens is 1. The monoisotopic (exact) mass is 249 g/mol. The molecular weight excluding hydrogens is 237 g/mol. The molecule has 0 amide bonds. The number of aryl methyl sites for hydroxylation is 1. The van der Waals surface area contributed by atoms with E-state index in [0.717, 1.165) is 12.6 Å². The van der Waals surface area contributed by atoms with E-state index in [2.05, 4.69) is 10.1 Å². The van der Waals surface area contributed by atoms with Crippen LogP contribution in [0.1, 0.15) is 23.7 Å². The first-order chi connectivity index (χ1) is 8.61. The van der Waals surface area contributed by atoms with Crippen LogP contribution >= 0.6 is 0 Å². The third-order valence-corrected chi connectivity index (χ3v) is 2.41. The molecule has 0 saturated carbocycles. The van der Waals surface area contributed by atoms with Gasteiger partial charge in [0.15, 0.2) is 0 Å².